The standard InChI is InChI=1S/C10H12FN3/c11-10-5-8(6-13)1-2-9(10)7-14-4-3-12/h1-2,5,14H,3-4,7,12H2. The minimum Gasteiger partial charge on any atom is -0.329 e. The van der Waals surface area contributed by atoms with Crippen LogP contribution < -0.4 is 11.1 Å². The zero-order valence-electron chi connectivity index (χ0n) is 7.76. The van der Waals surface area contributed by atoms with Gasteiger partial charge in [-0.25, -0.2) is 4.39 Å². The smallest absolute Gasteiger partial charge is 0.129 e. The average Bonchev–Trinajstić information content (AvgIpc) is 2.20. The predicted octanol–water partition coefficient (Wildman–Crippen LogP) is 0.746. The monoisotopic (exact) mass is 193 g/mol. The number of benzene rings is 1. The van der Waals surface area contributed by atoms with E-state index in [0.717, 1.165) is 0 Å². The molecule has 14 heavy (non-hydrogen) atoms. The third kappa shape index (κ3) is 2.80. The molecule has 1 rings (SSSR count). The summed E-state index contributed by atoms with van der Waals surface area (Å²) >= 11 is 0. The Labute approximate surface area is 82.3 Å². The molecule has 0 bridgehead atoms. The fourth-order valence-corrected chi connectivity index (χ4v) is 1.09. The molecule has 0 heterocycles. The summed E-state index contributed by atoms with van der Waals surface area (Å²) in [6.45, 7) is 1.62. The average molecular weight is 193 g/mol. The number of nitrogens with one attached hydrogen (secondary N) is 1. The Morgan fingerprint density at radius 1 is 1.50 bits per heavy atom. The Bertz CT molecular complexity index is 344. The molecule has 0 aliphatic heterocycles. The molecular formula is C10H12FN3. The van der Waals surface area contributed by atoms with E-state index in [1.165, 1.54) is 6.07 Å². The maximum atomic E-state index is 13.2. The van der Waals surface area contributed by atoms with Crippen LogP contribution in [0.2, 0.25) is 0 Å². The summed E-state index contributed by atoms with van der Waals surface area (Å²) < 4.78 is 13.2. The first-order chi connectivity index (χ1) is 6.77. The number of hydrogen-bond donors (Lipinski definition) is 2. The molecule has 0 spiro atoms. The summed E-state index contributed by atoms with van der Waals surface area (Å²) in [4.78, 5) is 0. The van der Waals surface area contributed by atoms with Crippen LogP contribution in [0.3, 0.4) is 0 Å². The Morgan fingerprint density at radius 2 is 2.29 bits per heavy atom. The molecule has 1 aromatic rings. The highest BCUT2D eigenvalue weighted by atomic mass is 19.1. The first kappa shape index (κ1) is 10.6. The van der Waals surface area contributed by atoms with Gasteiger partial charge in [-0.1, -0.05) is 6.07 Å². The van der Waals surface area contributed by atoms with E-state index in [1.54, 1.807) is 12.1 Å². The van der Waals surface area contributed by atoms with Crippen molar-refractivity contribution in [3.63, 3.8) is 0 Å². The van der Waals surface area contributed by atoms with E-state index in [1.807, 2.05) is 6.07 Å². The summed E-state index contributed by atoms with van der Waals surface area (Å²) in [5.41, 5.74) is 6.17. The van der Waals surface area contributed by atoms with E-state index in [2.05, 4.69) is 5.32 Å². The van der Waals surface area contributed by atoms with Crippen molar-refractivity contribution in [1.82, 2.24) is 5.32 Å². The van der Waals surface area contributed by atoms with Crippen molar-refractivity contribution >= 4 is 0 Å². The number of nitriles is 1. The molecule has 74 valence electrons. The molecule has 0 atom stereocenters. The van der Waals surface area contributed by atoms with Gasteiger partial charge in [0.15, 0.2) is 0 Å². The topological polar surface area (TPSA) is 61.8 Å². The van der Waals surface area contributed by atoms with Crippen LogP contribution >= 0.6 is 0 Å². The Kier molecular flexibility index (Phi) is 4.05. The van der Waals surface area contributed by atoms with Crippen molar-refractivity contribution in [2.75, 3.05) is 13.1 Å². The molecule has 0 saturated heterocycles. The zero-order chi connectivity index (χ0) is 10.4. The Hall–Kier alpha value is -1.44. The van der Waals surface area contributed by atoms with Gasteiger partial charge in [0.25, 0.3) is 0 Å². The lowest BCUT2D eigenvalue weighted by atomic mass is 10.1. The van der Waals surface area contributed by atoms with Crippen LogP contribution in [0.15, 0.2) is 18.2 Å². The van der Waals surface area contributed by atoms with Gasteiger partial charge in [0, 0.05) is 25.2 Å². The second-order valence-electron chi connectivity index (χ2n) is 2.88. The van der Waals surface area contributed by atoms with Gasteiger partial charge in [-0.15, -0.1) is 0 Å². The predicted molar refractivity (Wildman–Crippen MR) is 51.9 cm³/mol. The number of nitrogens with zero attached hydrogens (tertiary/aromatic N) is 1. The van der Waals surface area contributed by atoms with Gasteiger partial charge in [-0.3, -0.25) is 0 Å². The highest BCUT2D eigenvalue weighted by molar-refractivity contribution is 5.32. The van der Waals surface area contributed by atoms with Crippen molar-refractivity contribution in [1.29, 1.82) is 5.26 Å². The van der Waals surface area contributed by atoms with Crippen molar-refractivity contribution in [2.24, 2.45) is 5.73 Å². The maximum Gasteiger partial charge on any atom is 0.129 e. The third-order valence-electron chi connectivity index (χ3n) is 1.82. The third-order valence-corrected chi connectivity index (χ3v) is 1.82. The summed E-state index contributed by atoms with van der Waals surface area (Å²) in [5, 5.41) is 11.5. The zero-order valence-corrected chi connectivity index (χ0v) is 7.76. The van der Waals surface area contributed by atoms with E-state index in [4.69, 9.17) is 11.0 Å². The molecule has 0 radical (unpaired) electrons. The van der Waals surface area contributed by atoms with Gasteiger partial charge in [-0.2, -0.15) is 5.26 Å². The van der Waals surface area contributed by atoms with Crippen LogP contribution in [0.5, 0.6) is 0 Å². The molecular weight excluding hydrogens is 181 g/mol. The quantitative estimate of drug-likeness (QED) is 0.693. The highest BCUT2D eigenvalue weighted by Gasteiger charge is 2.02. The summed E-state index contributed by atoms with van der Waals surface area (Å²) in [6, 6.07) is 6.33. The number of halogens is 1. The van der Waals surface area contributed by atoms with Gasteiger partial charge in [0.2, 0.25) is 0 Å². The lowest BCUT2D eigenvalue weighted by Gasteiger charge is -2.04. The van der Waals surface area contributed by atoms with Crippen LogP contribution in [-0.2, 0) is 6.54 Å². The summed E-state index contributed by atoms with van der Waals surface area (Å²) in [5.74, 6) is -0.353. The lowest BCUT2D eigenvalue weighted by molar-refractivity contribution is 0.589. The van der Waals surface area contributed by atoms with Crippen LogP contribution in [0.1, 0.15) is 11.1 Å². The van der Waals surface area contributed by atoms with Gasteiger partial charge in [0.1, 0.15) is 5.82 Å². The Morgan fingerprint density at radius 3 is 2.86 bits per heavy atom. The molecule has 0 saturated carbocycles. The molecule has 4 heteroatoms. The normalized spacial score (nSPS) is 9.79. The Balaban J connectivity index is 2.65. The second kappa shape index (κ2) is 5.32. The molecule has 3 nitrogen and oxygen atoms in total. The van der Waals surface area contributed by atoms with Crippen LogP contribution in [-0.4, -0.2) is 13.1 Å². The second-order valence-corrected chi connectivity index (χ2v) is 2.88. The van der Waals surface area contributed by atoms with Crippen molar-refractivity contribution in [3.8, 4) is 6.07 Å². The number of nitrogens with two attached hydrogens (primary N) is 1. The van der Waals surface area contributed by atoms with Crippen molar-refractivity contribution in [2.45, 2.75) is 6.54 Å². The number of hydrogen-bond acceptors (Lipinski definition) is 3. The minimum absolute atomic E-state index is 0.338. The van der Waals surface area contributed by atoms with Gasteiger partial charge < -0.3 is 11.1 Å². The van der Waals surface area contributed by atoms with E-state index >= 15 is 0 Å². The molecule has 0 aliphatic carbocycles. The van der Waals surface area contributed by atoms with E-state index in [-0.39, 0.29) is 5.82 Å². The van der Waals surface area contributed by atoms with E-state index in [0.29, 0.717) is 30.8 Å². The lowest BCUT2D eigenvalue weighted by Crippen LogP contribution is -2.22. The fraction of sp³-hybridized carbons (Fsp3) is 0.300. The van der Waals surface area contributed by atoms with Gasteiger partial charge >= 0.3 is 0 Å². The summed E-state index contributed by atoms with van der Waals surface area (Å²) in [7, 11) is 0. The molecule has 0 aliphatic rings. The molecule has 3 N–H and O–H groups in total. The van der Waals surface area contributed by atoms with E-state index in [9.17, 15) is 4.39 Å². The van der Waals surface area contributed by atoms with Crippen LogP contribution in [0.25, 0.3) is 0 Å². The molecule has 0 unspecified atom stereocenters. The van der Waals surface area contributed by atoms with Crippen LogP contribution in [0, 0.1) is 17.1 Å². The molecule has 0 aromatic heterocycles. The highest BCUT2D eigenvalue weighted by Crippen LogP contribution is 2.09. The van der Waals surface area contributed by atoms with Gasteiger partial charge in [0.05, 0.1) is 11.6 Å². The van der Waals surface area contributed by atoms with Crippen LogP contribution in [0.4, 0.5) is 4.39 Å². The summed E-state index contributed by atoms with van der Waals surface area (Å²) in [6.07, 6.45) is 0. The minimum atomic E-state index is -0.353. The first-order valence-corrected chi connectivity index (χ1v) is 4.37. The molecule has 0 amide bonds. The SMILES string of the molecule is N#Cc1ccc(CNCCN)c(F)c1. The van der Waals surface area contributed by atoms with Crippen molar-refractivity contribution in [3.05, 3.63) is 35.1 Å². The van der Waals surface area contributed by atoms with Crippen molar-refractivity contribution < 1.29 is 4.39 Å². The molecule has 0 fully saturated rings. The maximum absolute atomic E-state index is 13.2. The van der Waals surface area contributed by atoms with E-state index < -0.39 is 0 Å². The largest absolute Gasteiger partial charge is 0.329 e. The fourth-order valence-electron chi connectivity index (χ4n) is 1.09. The van der Waals surface area contributed by atoms with Gasteiger partial charge in [-0.05, 0) is 12.1 Å². The first-order valence-electron chi connectivity index (χ1n) is 4.37. The number of rotatable bonds is 4. The molecule has 1 aromatic carbocycles.